The summed E-state index contributed by atoms with van der Waals surface area (Å²) in [5.41, 5.74) is 3.39. The highest BCUT2D eigenvalue weighted by Gasteiger charge is 2.32. The van der Waals surface area contributed by atoms with Crippen LogP contribution in [0.4, 0.5) is 0 Å². The number of hydrogen-bond acceptors (Lipinski definition) is 6. The van der Waals surface area contributed by atoms with E-state index in [1.54, 1.807) is 12.1 Å². The van der Waals surface area contributed by atoms with E-state index < -0.39 is 33.8 Å². The highest BCUT2D eigenvalue weighted by atomic mass is 32.3. The SMILES string of the molecule is CC1CCN(Cc2ccc3c(c2)CCC[C@H]3NC(=O)C(=O)C(=O)CS(O)(O)c2ccc3ccccc3c2)CC1. The number of piperidine rings is 1. The third-order valence-corrected chi connectivity index (χ3v) is 9.67. The molecule has 1 fully saturated rings. The monoisotopic (exact) mass is 548 g/mol. The summed E-state index contributed by atoms with van der Waals surface area (Å²) in [5.74, 6) is -3.40. The molecule has 0 saturated carbocycles. The molecule has 0 radical (unpaired) electrons. The van der Waals surface area contributed by atoms with Crippen LogP contribution >= 0.6 is 10.6 Å². The number of nitrogens with one attached hydrogen (secondary N) is 1. The van der Waals surface area contributed by atoms with Crippen LogP contribution in [0.2, 0.25) is 0 Å². The zero-order chi connectivity index (χ0) is 27.6. The molecule has 5 rings (SSSR count). The fraction of sp³-hybridized carbons (Fsp3) is 0.387. The van der Waals surface area contributed by atoms with Gasteiger partial charge in [0.25, 0.3) is 11.7 Å². The molecule has 39 heavy (non-hydrogen) atoms. The van der Waals surface area contributed by atoms with E-state index >= 15 is 0 Å². The van der Waals surface area contributed by atoms with Gasteiger partial charge in [-0.15, -0.1) is 0 Å². The molecule has 0 aromatic heterocycles. The van der Waals surface area contributed by atoms with E-state index in [4.69, 9.17) is 0 Å². The number of carbonyl (C=O) groups is 3. The van der Waals surface area contributed by atoms with E-state index in [9.17, 15) is 23.5 Å². The quantitative estimate of drug-likeness (QED) is 0.253. The third kappa shape index (κ3) is 6.41. The lowest BCUT2D eigenvalue weighted by Crippen LogP contribution is -2.40. The molecule has 0 spiro atoms. The van der Waals surface area contributed by atoms with Gasteiger partial charge in [0, 0.05) is 6.54 Å². The van der Waals surface area contributed by atoms with Crippen LogP contribution in [0.1, 0.15) is 55.3 Å². The first-order chi connectivity index (χ1) is 18.7. The minimum absolute atomic E-state index is 0.166. The number of likely N-dealkylation sites (tertiary alicyclic amines) is 1. The first kappa shape index (κ1) is 27.5. The van der Waals surface area contributed by atoms with Crippen molar-refractivity contribution in [2.45, 2.75) is 56.5 Å². The molecule has 1 saturated heterocycles. The second-order valence-corrected chi connectivity index (χ2v) is 13.1. The average molecular weight is 549 g/mol. The van der Waals surface area contributed by atoms with Gasteiger partial charge < -0.3 is 5.32 Å². The second-order valence-electron chi connectivity index (χ2n) is 11.0. The number of aryl methyl sites for hydroxylation is 1. The van der Waals surface area contributed by atoms with Crippen molar-refractivity contribution in [2.75, 3.05) is 18.8 Å². The van der Waals surface area contributed by atoms with Crippen molar-refractivity contribution in [3.8, 4) is 0 Å². The average Bonchev–Trinajstić information content (AvgIpc) is 2.93. The van der Waals surface area contributed by atoms with Crippen LogP contribution < -0.4 is 5.32 Å². The zero-order valence-corrected chi connectivity index (χ0v) is 23.1. The van der Waals surface area contributed by atoms with Crippen molar-refractivity contribution in [3.63, 3.8) is 0 Å². The maximum Gasteiger partial charge on any atom is 0.296 e. The second kappa shape index (κ2) is 11.6. The highest BCUT2D eigenvalue weighted by Crippen LogP contribution is 2.48. The van der Waals surface area contributed by atoms with Crippen LogP contribution in [0, 0.1) is 5.92 Å². The minimum Gasteiger partial charge on any atom is -0.342 e. The molecule has 8 heteroatoms. The number of fused-ring (bicyclic) bond motifs is 2. The van der Waals surface area contributed by atoms with E-state index in [0.717, 1.165) is 54.7 Å². The lowest BCUT2D eigenvalue weighted by molar-refractivity contribution is -0.144. The molecule has 3 N–H and O–H groups in total. The molecule has 1 amide bonds. The highest BCUT2D eigenvalue weighted by molar-refractivity contribution is 8.25. The molecule has 1 heterocycles. The lowest BCUT2D eigenvalue weighted by Gasteiger charge is -2.32. The molecule has 0 unspecified atom stereocenters. The van der Waals surface area contributed by atoms with Gasteiger partial charge in [-0.1, -0.05) is 55.5 Å². The molecule has 1 atom stereocenters. The zero-order valence-electron chi connectivity index (χ0n) is 22.3. The van der Waals surface area contributed by atoms with Gasteiger partial charge >= 0.3 is 0 Å². The van der Waals surface area contributed by atoms with E-state index in [0.29, 0.717) is 6.42 Å². The summed E-state index contributed by atoms with van der Waals surface area (Å²) in [7, 11) is -3.59. The Balaban J connectivity index is 1.21. The number of benzene rings is 3. The maximum atomic E-state index is 12.8. The summed E-state index contributed by atoms with van der Waals surface area (Å²) in [6, 6.07) is 18.3. The Morgan fingerprint density at radius 3 is 2.46 bits per heavy atom. The molecule has 3 aromatic rings. The number of Topliss-reactive ketones (excluding diaryl/α,β-unsaturated/α-hetero) is 2. The maximum absolute atomic E-state index is 12.8. The fourth-order valence-corrected chi connectivity index (χ4v) is 6.91. The number of amides is 1. The van der Waals surface area contributed by atoms with Gasteiger partial charge in [0.1, 0.15) is 5.75 Å². The molecule has 1 aliphatic heterocycles. The Morgan fingerprint density at radius 1 is 0.949 bits per heavy atom. The van der Waals surface area contributed by atoms with E-state index in [1.165, 1.54) is 30.0 Å². The standard InChI is InChI=1S/C31H36N2O5S/c1-21-13-15-33(16-14-21)19-22-9-12-27-25(17-22)7-4-8-28(27)32-31(36)30(35)29(34)20-39(37,38)26-11-10-23-5-2-3-6-24(23)18-26/h2-3,5-6,9-12,17-18,21,28,37-38H,4,7-8,13-16,19-20H2,1H3,(H,32,36)/t28-/m1/s1. The van der Waals surface area contributed by atoms with Crippen molar-refractivity contribution in [2.24, 2.45) is 5.92 Å². The molecule has 7 nitrogen and oxygen atoms in total. The summed E-state index contributed by atoms with van der Waals surface area (Å²) >= 11 is 0. The normalized spacial score (nSPS) is 18.9. The van der Waals surface area contributed by atoms with Crippen LogP contribution in [0.15, 0.2) is 65.6 Å². The van der Waals surface area contributed by atoms with Gasteiger partial charge in [0.15, 0.2) is 0 Å². The van der Waals surface area contributed by atoms with Crippen LogP contribution in [-0.2, 0) is 27.3 Å². The largest absolute Gasteiger partial charge is 0.342 e. The van der Waals surface area contributed by atoms with Gasteiger partial charge in [-0.25, -0.2) is 0 Å². The Labute approximate surface area is 230 Å². The molecular weight excluding hydrogens is 512 g/mol. The molecule has 0 bridgehead atoms. The Hall–Kier alpha value is -3.04. The minimum atomic E-state index is -3.59. The first-order valence-electron chi connectivity index (χ1n) is 13.7. The molecule has 206 valence electrons. The van der Waals surface area contributed by atoms with Gasteiger partial charge in [0.05, 0.1) is 10.9 Å². The van der Waals surface area contributed by atoms with Gasteiger partial charge in [-0.3, -0.25) is 28.4 Å². The van der Waals surface area contributed by atoms with Gasteiger partial charge in [-0.05, 0) is 90.7 Å². The van der Waals surface area contributed by atoms with Crippen molar-refractivity contribution < 1.29 is 23.5 Å². The smallest absolute Gasteiger partial charge is 0.296 e. The van der Waals surface area contributed by atoms with Crippen molar-refractivity contribution in [1.82, 2.24) is 10.2 Å². The molecule has 1 aliphatic carbocycles. The Morgan fingerprint density at radius 2 is 1.69 bits per heavy atom. The summed E-state index contributed by atoms with van der Waals surface area (Å²) in [6.07, 6.45) is 4.90. The van der Waals surface area contributed by atoms with Crippen LogP contribution in [0.5, 0.6) is 0 Å². The predicted octanol–water partition coefficient (Wildman–Crippen LogP) is 5.51. The number of nitrogens with zero attached hydrogens (tertiary/aromatic N) is 1. The summed E-state index contributed by atoms with van der Waals surface area (Å²) in [6.45, 7) is 5.43. The number of hydrogen-bond donors (Lipinski definition) is 3. The summed E-state index contributed by atoms with van der Waals surface area (Å²) < 4.78 is 21.4. The topological polar surface area (TPSA) is 107 Å². The van der Waals surface area contributed by atoms with E-state index in [1.807, 2.05) is 30.3 Å². The molecular formula is C31H36N2O5S. The Kier molecular flexibility index (Phi) is 8.19. The van der Waals surface area contributed by atoms with E-state index in [2.05, 4.69) is 29.3 Å². The number of carbonyl (C=O) groups excluding carboxylic acids is 3. The lowest BCUT2D eigenvalue weighted by atomic mass is 9.86. The van der Waals surface area contributed by atoms with Crippen LogP contribution in [0.3, 0.4) is 0 Å². The van der Waals surface area contributed by atoms with Crippen LogP contribution in [-0.4, -0.2) is 50.3 Å². The summed E-state index contributed by atoms with van der Waals surface area (Å²) in [5, 5.41) is 4.44. The third-order valence-electron chi connectivity index (χ3n) is 8.00. The molecule has 2 aliphatic rings. The van der Waals surface area contributed by atoms with Gasteiger partial charge in [0.2, 0.25) is 5.78 Å². The predicted molar refractivity (Wildman–Crippen MR) is 154 cm³/mol. The van der Waals surface area contributed by atoms with Gasteiger partial charge in [-0.2, -0.15) is 10.6 Å². The Bertz CT molecular complexity index is 1400. The van der Waals surface area contributed by atoms with Crippen molar-refractivity contribution >= 4 is 38.8 Å². The number of ketones is 2. The van der Waals surface area contributed by atoms with Crippen LogP contribution in [0.25, 0.3) is 10.8 Å². The first-order valence-corrected chi connectivity index (χ1v) is 15.4. The van der Waals surface area contributed by atoms with E-state index in [-0.39, 0.29) is 10.9 Å². The van der Waals surface area contributed by atoms with Crippen molar-refractivity contribution in [3.05, 3.63) is 77.4 Å². The summed E-state index contributed by atoms with van der Waals surface area (Å²) in [4.78, 5) is 40.8. The molecule has 3 aromatic carbocycles. The van der Waals surface area contributed by atoms with Crippen molar-refractivity contribution in [1.29, 1.82) is 0 Å². The fourth-order valence-electron chi connectivity index (χ4n) is 5.65. The number of rotatable bonds is 8.